The molecule has 2 aliphatic carbocycles. The maximum atomic E-state index is 3.78. The average Bonchev–Trinajstić information content (AvgIpc) is 2.93. The fraction of sp³-hybridized carbons (Fsp3) is 1.00. The van der Waals surface area contributed by atoms with Crippen LogP contribution in [0.25, 0.3) is 0 Å². The third-order valence-corrected chi connectivity index (χ3v) is 6.33. The molecule has 118 valence electrons. The molecular formula is C19H37N. The molecule has 1 heteroatoms. The molecule has 0 saturated heterocycles. The molecule has 2 rings (SSSR count). The molecule has 0 atom stereocenters. The van der Waals surface area contributed by atoms with Gasteiger partial charge in [0.15, 0.2) is 0 Å². The minimum absolute atomic E-state index is 0.513. The van der Waals surface area contributed by atoms with Crippen LogP contribution in [0.4, 0.5) is 0 Å². The minimum atomic E-state index is 0.513. The van der Waals surface area contributed by atoms with Gasteiger partial charge in [-0.15, -0.1) is 0 Å². The van der Waals surface area contributed by atoms with E-state index in [4.69, 9.17) is 0 Å². The van der Waals surface area contributed by atoms with Gasteiger partial charge in [-0.05, 0) is 74.2 Å². The van der Waals surface area contributed by atoms with Crippen molar-refractivity contribution in [2.75, 3.05) is 13.1 Å². The van der Waals surface area contributed by atoms with E-state index < -0.39 is 0 Å². The summed E-state index contributed by atoms with van der Waals surface area (Å²) in [4.78, 5) is 0. The highest BCUT2D eigenvalue weighted by atomic mass is 14.9. The van der Waals surface area contributed by atoms with Gasteiger partial charge in [0.1, 0.15) is 0 Å². The first-order valence-corrected chi connectivity index (χ1v) is 9.19. The number of hydrogen-bond acceptors (Lipinski definition) is 1. The van der Waals surface area contributed by atoms with E-state index in [1.165, 1.54) is 70.9 Å². The van der Waals surface area contributed by atoms with Gasteiger partial charge in [0.2, 0.25) is 0 Å². The van der Waals surface area contributed by atoms with Gasteiger partial charge in [0.25, 0.3) is 0 Å². The van der Waals surface area contributed by atoms with E-state index in [0.29, 0.717) is 10.8 Å². The molecule has 0 aromatic heterocycles. The van der Waals surface area contributed by atoms with Crippen LogP contribution in [0.15, 0.2) is 0 Å². The molecular weight excluding hydrogens is 242 g/mol. The summed E-state index contributed by atoms with van der Waals surface area (Å²) in [5, 5.41) is 3.78. The molecule has 0 bridgehead atoms. The van der Waals surface area contributed by atoms with E-state index in [2.05, 4.69) is 33.0 Å². The quantitative estimate of drug-likeness (QED) is 0.664. The third kappa shape index (κ3) is 3.78. The Hall–Kier alpha value is -0.0400. The normalized spacial score (nSPS) is 32.7. The van der Waals surface area contributed by atoms with E-state index in [-0.39, 0.29) is 0 Å². The summed E-state index contributed by atoms with van der Waals surface area (Å²) < 4.78 is 0. The lowest BCUT2D eigenvalue weighted by atomic mass is 9.59. The number of nitrogens with one attached hydrogen (secondary N) is 1. The van der Waals surface area contributed by atoms with Crippen molar-refractivity contribution in [3.05, 3.63) is 0 Å². The van der Waals surface area contributed by atoms with Crippen LogP contribution in [-0.4, -0.2) is 13.1 Å². The van der Waals surface area contributed by atoms with Gasteiger partial charge in [-0.2, -0.15) is 0 Å². The van der Waals surface area contributed by atoms with E-state index in [1.54, 1.807) is 0 Å². The molecule has 0 radical (unpaired) electrons. The van der Waals surface area contributed by atoms with Crippen molar-refractivity contribution in [1.29, 1.82) is 0 Å². The van der Waals surface area contributed by atoms with E-state index >= 15 is 0 Å². The topological polar surface area (TPSA) is 12.0 Å². The summed E-state index contributed by atoms with van der Waals surface area (Å²) in [5.74, 6) is 1.97. The largest absolute Gasteiger partial charge is 0.316 e. The standard InChI is InChI=1S/C19H37N/c1-5-14-20-15-19(17-8-6-7-9-17)12-10-16(11-13-19)18(2,3)4/h16-17,20H,5-15H2,1-4H3. The molecule has 0 aliphatic heterocycles. The summed E-state index contributed by atoms with van der Waals surface area (Å²) in [6.07, 6.45) is 13.2. The summed E-state index contributed by atoms with van der Waals surface area (Å²) >= 11 is 0. The van der Waals surface area contributed by atoms with Gasteiger partial charge >= 0.3 is 0 Å². The molecule has 0 heterocycles. The number of rotatable bonds is 5. The highest BCUT2D eigenvalue weighted by Gasteiger charge is 2.44. The summed E-state index contributed by atoms with van der Waals surface area (Å²) in [5.41, 5.74) is 1.16. The van der Waals surface area contributed by atoms with Crippen LogP contribution < -0.4 is 5.32 Å². The Kier molecular flexibility index (Phi) is 5.56. The Morgan fingerprint density at radius 2 is 1.60 bits per heavy atom. The number of hydrogen-bond donors (Lipinski definition) is 1. The lowest BCUT2D eigenvalue weighted by Crippen LogP contribution is -2.44. The molecule has 0 spiro atoms. The van der Waals surface area contributed by atoms with Crippen molar-refractivity contribution >= 4 is 0 Å². The average molecular weight is 280 g/mol. The molecule has 20 heavy (non-hydrogen) atoms. The zero-order valence-electron chi connectivity index (χ0n) is 14.4. The second-order valence-corrected chi connectivity index (χ2v) is 8.66. The minimum Gasteiger partial charge on any atom is -0.316 e. The Balaban J connectivity index is 1.98. The smallest absolute Gasteiger partial charge is 0.00105 e. The second-order valence-electron chi connectivity index (χ2n) is 8.66. The predicted molar refractivity (Wildman–Crippen MR) is 89.0 cm³/mol. The van der Waals surface area contributed by atoms with Crippen molar-refractivity contribution < 1.29 is 0 Å². The molecule has 2 saturated carbocycles. The Morgan fingerprint density at radius 1 is 1.00 bits per heavy atom. The predicted octanol–water partition coefficient (Wildman–Crippen LogP) is 5.40. The molecule has 1 nitrogen and oxygen atoms in total. The van der Waals surface area contributed by atoms with Crippen molar-refractivity contribution in [2.24, 2.45) is 22.7 Å². The van der Waals surface area contributed by atoms with Gasteiger partial charge in [0.05, 0.1) is 0 Å². The second kappa shape index (κ2) is 6.81. The Bertz CT molecular complexity index is 275. The van der Waals surface area contributed by atoms with Crippen molar-refractivity contribution in [3.8, 4) is 0 Å². The van der Waals surface area contributed by atoms with Crippen LogP contribution in [0.2, 0.25) is 0 Å². The summed E-state index contributed by atoms with van der Waals surface area (Å²) in [7, 11) is 0. The van der Waals surface area contributed by atoms with E-state index in [0.717, 1.165) is 11.8 Å². The first-order valence-electron chi connectivity index (χ1n) is 9.19. The van der Waals surface area contributed by atoms with E-state index in [1.807, 2.05) is 0 Å². The van der Waals surface area contributed by atoms with Gasteiger partial charge < -0.3 is 5.32 Å². The summed E-state index contributed by atoms with van der Waals surface area (Å²) in [6.45, 7) is 12.1. The molecule has 2 aliphatic rings. The molecule has 0 unspecified atom stereocenters. The fourth-order valence-corrected chi connectivity index (χ4v) is 4.84. The van der Waals surface area contributed by atoms with Gasteiger partial charge in [-0.1, -0.05) is 40.5 Å². The first kappa shape index (κ1) is 16.3. The maximum Gasteiger partial charge on any atom is 0.00105 e. The molecule has 0 aromatic carbocycles. The highest BCUT2D eigenvalue weighted by molar-refractivity contribution is 4.96. The monoisotopic (exact) mass is 279 g/mol. The zero-order valence-corrected chi connectivity index (χ0v) is 14.4. The molecule has 0 aromatic rings. The first-order chi connectivity index (χ1) is 9.48. The van der Waals surface area contributed by atoms with Gasteiger partial charge in [-0.25, -0.2) is 0 Å². The zero-order chi connectivity index (χ0) is 14.6. The highest BCUT2D eigenvalue weighted by Crippen LogP contribution is 2.52. The van der Waals surface area contributed by atoms with E-state index in [9.17, 15) is 0 Å². The lowest BCUT2D eigenvalue weighted by molar-refractivity contribution is 0.0407. The van der Waals surface area contributed by atoms with Crippen LogP contribution in [0.5, 0.6) is 0 Å². The van der Waals surface area contributed by atoms with Crippen molar-refractivity contribution in [3.63, 3.8) is 0 Å². The molecule has 0 amide bonds. The maximum absolute atomic E-state index is 3.78. The SMILES string of the molecule is CCCNCC1(C2CCCC2)CCC(C(C)(C)C)CC1. The summed E-state index contributed by atoms with van der Waals surface area (Å²) in [6, 6.07) is 0. The van der Waals surface area contributed by atoms with Crippen molar-refractivity contribution in [2.45, 2.75) is 85.5 Å². The lowest BCUT2D eigenvalue weighted by Gasteiger charge is -2.47. The fourth-order valence-electron chi connectivity index (χ4n) is 4.84. The van der Waals surface area contributed by atoms with Crippen LogP contribution >= 0.6 is 0 Å². The van der Waals surface area contributed by atoms with Crippen LogP contribution in [0.1, 0.15) is 85.5 Å². The third-order valence-electron chi connectivity index (χ3n) is 6.33. The van der Waals surface area contributed by atoms with Gasteiger partial charge in [-0.3, -0.25) is 0 Å². The van der Waals surface area contributed by atoms with Crippen molar-refractivity contribution in [1.82, 2.24) is 5.32 Å². The van der Waals surface area contributed by atoms with Gasteiger partial charge in [0, 0.05) is 6.54 Å². The van der Waals surface area contributed by atoms with Crippen LogP contribution in [0, 0.1) is 22.7 Å². The molecule has 1 N–H and O–H groups in total. The van der Waals surface area contributed by atoms with Crippen LogP contribution in [0.3, 0.4) is 0 Å². The van der Waals surface area contributed by atoms with Crippen LogP contribution in [-0.2, 0) is 0 Å². The molecule has 2 fully saturated rings. The Morgan fingerprint density at radius 3 is 2.10 bits per heavy atom. The Labute approximate surface area is 127 Å².